The van der Waals surface area contributed by atoms with E-state index in [9.17, 15) is 18.0 Å². The summed E-state index contributed by atoms with van der Waals surface area (Å²) in [6, 6.07) is 13.0. The van der Waals surface area contributed by atoms with Crippen LogP contribution in [-0.2, 0) is 14.8 Å². The predicted octanol–water partition coefficient (Wildman–Crippen LogP) is 2.26. The van der Waals surface area contributed by atoms with Gasteiger partial charge in [0, 0.05) is 35.7 Å². The lowest BCUT2D eigenvalue weighted by Gasteiger charge is -2.26. The number of hydrogen-bond donors (Lipinski definition) is 2. The topological polar surface area (TPSA) is 105 Å². The average molecular weight is 494 g/mol. The minimum Gasteiger partial charge on any atom is -0.379 e. The summed E-state index contributed by atoms with van der Waals surface area (Å²) >= 11 is 3.77. The molecular formula is C21H23N3O5S3. The Kier molecular flexibility index (Phi) is 7.41. The molecule has 2 N–H and O–H groups in total. The lowest BCUT2D eigenvalue weighted by atomic mass is 10.1. The maximum Gasteiger partial charge on any atom is 0.269 e. The SMILES string of the molecule is O=C(NNC(=O)c1cccc(S(=O)(=O)N2CCOCC2)c1)c1ccc(C2SCCS2)cc1. The van der Waals surface area contributed by atoms with E-state index in [-0.39, 0.29) is 23.5 Å². The van der Waals surface area contributed by atoms with Gasteiger partial charge in [-0.3, -0.25) is 20.4 Å². The Morgan fingerprint density at radius 3 is 2.19 bits per heavy atom. The van der Waals surface area contributed by atoms with Crippen molar-refractivity contribution >= 4 is 45.4 Å². The normalized spacial score (nSPS) is 17.8. The third-order valence-corrected chi connectivity index (χ3v) is 10.1. The highest BCUT2D eigenvalue weighted by atomic mass is 32.2. The molecule has 0 atom stereocenters. The number of hydrazine groups is 1. The summed E-state index contributed by atoms with van der Waals surface area (Å²) in [7, 11) is -3.72. The quantitative estimate of drug-likeness (QED) is 0.616. The van der Waals surface area contributed by atoms with Crippen molar-refractivity contribution in [3.63, 3.8) is 0 Å². The summed E-state index contributed by atoms with van der Waals surface area (Å²) in [4.78, 5) is 24.9. The van der Waals surface area contributed by atoms with Crippen molar-refractivity contribution in [3.8, 4) is 0 Å². The van der Waals surface area contributed by atoms with Gasteiger partial charge in [0.05, 0.1) is 22.7 Å². The molecule has 32 heavy (non-hydrogen) atoms. The van der Waals surface area contributed by atoms with Gasteiger partial charge in [0.2, 0.25) is 10.0 Å². The van der Waals surface area contributed by atoms with E-state index in [1.54, 1.807) is 12.1 Å². The van der Waals surface area contributed by atoms with Crippen molar-refractivity contribution in [2.45, 2.75) is 9.48 Å². The molecule has 2 fully saturated rings. The largest absolute Gasteiger partial charge is 0.379 e. The number of morpholine rings is 1. The standard InChI is InChI=1S/C21H23N3O5S3/c25-19(15-4-6-16(7-5-15)21-30-12-13-31-21)22-23-20(26)17-2-1-3-18(14-17)32(27,28)24-8-10-29-11-9-24/h1-7,14,21H,8-13H2,(H,22,25)(H,23,26). The molecule has 2 saturated heterocycles. The van der Waals surface area contributed by atoms with Gasteiger partial charge in [0.1, 0.15) is 0 Å². The Morgan fingerprint density at radius 2 is 1.53 bits per heavy atom. The van der Waals surface area contributed by atoms with Crippen LogP contribution in [0.25, 0.3) is 0 Å². The molecule has 0 bridgehead atoms. The van der Waals surface area contributed by atoms with Crippen molar-refractivity contribution in [3.05, 3.63) is 65.2 Å². The van der Waals surface area contributed by atoms with Crippen molar-refractivity contribution in [1.29, 1.82) is 0 Å². The number of nitrogens with zero attached hydrogens (tertiary/aromatic N) is 1. The van der Waals surface area contributed by atoms with Gasteiger partial charge in [0.15, 0.2) is 0 Å². The van der Waals surface area contributed by atoms with Crippen LogP contribution in [0.2, 0.25) is 0 Å². The van der Waals surface area contributed by atoms with E-state index in [0.717, 1.165) is 17.1 Å². The molecule has 0 spiro atoms. The third-order valence-electron chi connectivity index (χ3n) is 5.06. The number of sulfonamides is 1. The van der Waals surface area contributed by atoms with E-state index in [1.165, 1.54) is 28.6 Å². The summed E-state index contributed by atoms with van der Waals surface area (Å²) in [6.45, 7) is 1.22. The van der Waals surface area contributed by atoms with Gasteiger partial charge in [-0.25, -0.2) is 8.42 Å². The summed E-state index contributed by atoms with van der Waals surface area (Å²) in [5.74, 6) is 1.19. The van der Waals surface area contributed by atoms with Gasteiger partial charge in [-0.05, 0) is 35.9 Å². The number of rotatable bonds is 5. The lowest BCUT2D eigenvalue weighted by molar-refractivity contribution is 0.0730. The Bertz CT molecular complexity index is 1080. The molecule has 0 radical (unpaired) electrons. The first-order chi connectivity index (χ1) is 15.4. The fraction of sp³-hybridized carbons (Fsp3) is 0.333. The predicted molar refractivity (Wildman–Crippen MR) is 125 cm³/mol. The molecule has 2 aliphatic rings. The maximum atomic E-state index is 12.8. The molecule has 11 heteroatoms. The summed E-state index contributed by atoms with van der Waals surface area (Å²) in [5.41, 5.74) is 6.45. The second-order valence-corrected chi connectivity index (χ2v) is 11.8. The molecular weight excluding hydrogens is 470 g/mol. The monoisotopic (exact) mass is 493 g/mol. The second kappa shape index (κ2) is 10.3. The zero-order chi connectivity index (χ0) is 22.6. The number of benzene rings is 2. The first-order valence-electron chi connectivity index (χ1n) is 10.1. The third kappa shape index (κ3) is 5.29. The molecule has 0 saturated carbocycles. The first kappa shape index (κ1) is 23.1. The molecule has 2 aliphatic heterocycles. The Hall–Kier alpha value is -2.05. The van der Waals surface area contributed by atoms with Crippen molar-refractivity contribution in [2.24, 2.45) is 0 Å². The second-order valence-electron chi connectivity index (χ2n) is 7.15. The highest BCUT2D eigenvalue weighted by Crippen LogP contribution is 2.45. The molecule has 170 valence electrons. The summed E-state index contributed by atoms with van der Waals surface area (Å²) in [6.07, 6.45) is 0. The van der Waals surface area contributed by atoms with Crippen LogP contribution in [0, 0.1) is 0 Å². The number of hydrogen-bond acceptors (Lipinski definition) is 7. The highest BCUT2D eigenvalue weighted by molar-refractivity contribution is 8.19. The maximum absolute atomic E-state index is 12.8. The Balaban J connectivity index is 1.37. The molecule has 4 rings (SSSR count). The number of carbonyl (C=O) groups excluding carboxylic acids is 2. The van der Waals surface area contributed by atoms with Crippen LogP contribution in [0.4, 0.5) is 0 Å². The van der Waals surface area contributed by atoms with Gasteiger partial charge in [0.25, 0.3) is 11.8 Å². The lowest BCUT2D eigenvalue weighted by Crippen LogP contribution is -2.42. The number of ether oxygens (including phenoxy) is 1. The van der Waals surface area contributed by atoms with Crippen LogP contribution in [0.1, 0.15) is 30.9 Å². The number of nitrogens with one attached hydrogen (secondary N) is 2. The molecule has 2 aromatic carbocycles. The summed E-state index contributed by atoms with van der Waals surface area (Å²) < 4.78 is 32.5. The number of amides is 2. The van der Waals surface area contributed by atoms with Crippen LogP contribution < -0.4 is 10.9 Å². The fourth-order valence-corrected chi connectivity index (χ4v) is 7.65. The fourth-order valence-electron chi connectivity index (χ4n) is 3.33. The summed E-state index contributed by atoms with van der Waals surface area (Å²) in [5, 5.41) is 0. The van der Waals surface area contributed by atoms with E-state index >= 15 is 0 Å². The van der Waals surface area contributed by atoms with Crippen LogP contribution in [-0.4, -0.2) is 62.3 Å². The van der Waals surface area contributed by atoms with Crippen LogP contribution in [0.5, 0.6) is 0 Å². The van der Waals surface area contributed by atoms with Crippen LogP contribution >= 0.6 is 23.5 Å². The molecule has 0 aromatic heterocycles. The number of carbonyl (C=O) groups is 2. The van der Waals surface area contributed by atoms with E-state index in [0.29, 0.717) is 23.4 Å². The van der Waals surface area contributed by atoms with Gasteiger partial charge in [-0.2, -0.15) is 4.31 Å². The van der Waals surface area contributed by atoms with E-state index < -0.39 is 21.8 Å². The minimum atomic E-state index is -3.72. The minimum absolute atomic E-state index is 0.0246. The van der Waals surface area contributed by atoms with Crippen LogP contribution in [0.15, 0.2) is 53.4 Å². The van der Waals surface area contributed by atoms with Crippen molar-refractivity contribution in [2.75, 3.05) is 37.8 Å². The molecule has 8 nitrogen and oxygen atoms in total. The Morgan fingerprint density at radius 1 is 0.906 bits per heavy atom. The van der Waals surface area contributed by atoms with Crippen molar-refractivity contribution in [1.82, 2.24) is 15.2 Å². The number of thioether (sulfide) groups is 2. The van der Waals surface area contributed by atoms with Crippen molar-refractivity contribution < 1.29 is 22.7 Å². The van der Waals surface area contributed by atoms with E-state index in [2.05, 4.69) is 10.9 Å². The molecule has 0 unspecified atom stereocenters. The first-order valence-corrected chi connectivity index (χ1v) is 13.6. The van der Waals surface area contributed by atoms with E-state index in [1.807, 2.05) is 35.7 Å². The smallest absolute Gasteiger partial charge is 0.269 e. The van der Waals surface area contributed by atoms with E-state index in [4.69, 9.17) is 4.74 Å². The molecule has 2 heterocycles. The van der Waals surface area contributed by atoms with Gasteiger partial charge < -0.3 is 4.74 Å². The molecule has 2 amide bonds. The van der Waals surface area contributed by atoms with Gasteiger partial charge >= 0.3 is 0 Å². The van der Waals surface area contributed by atoms with Gasteiger partial charge in [-0.1, -0.05) is 18.2 Å². The zero-order valence-corrected chi connectivity index (χ0v) is 19.6. The highest BCUT2D eigenvalue weighted by Gasteiger charge is 2.27. The average Bonchev–Trinajstić information content (AvgIpc) is 3.38. The zero-order valence-electron chi connectivity index (χ0n) is 17.2. The van der Waals surface area contributed by atoms with Gasteiger partial charge in [-0.15, -0.1) is 23.5 Å². The molecule has 2 aromatic rings. The van der Waals surface area contributed by atoms with Crippen LogP contribution in [0.3, 0.4) is 0 Å². The molecule has 0 aliphatic carbocycles. The Labute approximate surface area is 195 Å².